The monoisotopic (exact) mass is 331 g/mol. The predicted octanol–water partition coefficient (Wildman–Crippen LogP) is 1.29. The molecule has 2 rings (SSSR count). The van der Waals surface area contributed by atoms with Crippen LogP contribution in [0.2, 0.25) is 0 Å². The van der Waals surface area contributed by atoms with E-state index < -0.39 is 0 Å². The molecule has 3 N–H and O–H groups in total. The van der Waals surface area contributed by atoms with E-state index in [1.807, 2.05) is 18.2 Å². The Balaban J connectivity index is 1.80. The molecule has 1 amide bonds. The number of para-hydroxylation sites is 1. The minimum atomic E-state index is -0.214. The number of carbonyl (C=O) groups is 1. The third kappa shape index (κ3) is 5.44. The smallest absolute Gasteiger partial charge is 0.217 e. The molecule has 1 aromatic rings. The van der Waals surface area contributed by atoms with Gasteiger partial charge in [-0.2, -0.15) is 0 Å². The van der Waals surface area contributed by atoms with Crippen molar-refractivity contribution in [3.63, 3.8) is 0 Å². The molecule has 1 fully saturated rings. The summed E-state index contributed by atoms with van der Waals surface area (Å²) in [4.78, 5) is 20.0. The summed E-state index contributed by atoms with van der Waals surface area (Å²) in [6.45, 7) is 3.53. The Labute approximate surface area is 144 Å². The molecule has 0 aromatic heterocycles. The lowest BCUT2D eigenvalue weighted by Crippen LogP contribution is -2.48. The van der Waals surface area contributed by atoms with Crippen molar-refractivity contribution < 1.29 is 4.79 Å². The molecule has 1 saturated heterocycles. The summed E-state index contributed by atoms with van der Waals surface area (Å²) in [5.74, 6) is 1.03. The van der Waals surface area contributed by atoms with Crippen LogP contribution in [0.15, 0.2) is 35.3 Å². The van der Waals surface area contributed by atoms with E-state index in [2.05, 4.69) is 39.3 Å². The third-order valence-electron chi connectivity index (χ3n) is 4.45. The van der Waals surface area contributed by atoms with Crippen LogP contribution in [0.25, 0.3) is 0 Å². The summed E-state index contributed by atoms with van der Waals surface area (Å²) in [5.41, 5.74) is 6.54. The third-order valence-corrected chi connectivity index (χ3v) is 4.45. The Morgan fingerprint density at radius 2 is 2.17 bits per heavy atom. The van der Waals surface area contributed by atoms with Gasteiger partial charge in [0.05, 0.1) is 0 Å². The van der Waals surface area contributed by atoms with Gasteiger partial charge in [0, 0.05) is 52.4 Å². The molecule has 0 aliphatic carbocycles. The molecule has 6 nitrogen and oxygen atoms in total. The predicted molar refractivity (Wildman–Crippen MR) is 99.2 cm³/mol. The van der Waals surface area contributed by atoms with Crippen LogP contribution in [0.3, 0.4) is 0 Å². The molecule has 1 atom stereocenters. The number of hydrogen-bond donors (Lipinski definition) is 2. The molecule has 0 spiro atoms. The van der Waals surface area contributed by atoms with Crippen molar-refractivity contribution in [2.24, 2.45) is 16.6 Å². The number of likely N-dealkylation sites (N-methyl/N-ethyl adjacent to an activating group) is 1. The topological polar surface area (TPSA) is 74.0 Å². The van der Waals surface area contributed by atoms with Crippen LogP contribution in [0.5, 0.6) is 0 Å². The number of rotatable bonds is 6. The van der Waals surface area contributed by atoms with Gasteiger partial charge in [0.25, 0.3) is 0 Å². The standard InChI is InChI=1S/C18H29N5O/c1-20-18(23-11-6-7-15(14-23)13-17(19)24)21-10-12-22(2)16-8-4-3-5-9-16/h3-5,8-9,15H,6-7,10-14H2,1-2H3,(H2,19,24)(H,20,21). The van der Waals surface area contributed by atoms with Crippen LogP contribution in [0.4, 0.5) is 5.69 Å². The highest BCUT2D eigenvalue weighted by Gasteiger charge is 2.23. The van der Waals surface area contributed by atoms with Gasteiger partial charge >= 0.3 is 0 Å². The summed E-state index contributed by atoms with van der Waals surface area (Å²) in [7, 11) is 3.89. The first-order valence-electron chi connectivity index (χ1n) is 8.60. The zero-order chi connectivity index (χ0) is 17.4. The van der Waals surface area contributed by atoms with Crippen molar-refractivity contribution in [2.45, 2.75) is 19.3 Å². The molecule has 24 heavy (non-hydrogen) atoms. The van der Waals surface area contributed by atoms with Crippen molar-refractivity contribution >= 4 is 17.6 Å². The van der Waals surface area contributed by atoms with Crippen LogP contribution < -0.4 is 16.0 Å². The number of nitrogens with two attached hydrogens (primary N) is 1. The average molecular weight is 331 g/mol. The highest BCUT2D eigenvalue weighted by atomic mass is 16.1. The molecule has 1 unspecified atom stereocenters. The molecule has 0 radical (unpaired) electrons. The van der Waals surface area contributed by atoms with Crippen LogP contribution in [-0.2, 0) is 4.79 Å². The summed E-state index contributed by atoms with van der Waals surface area (Å²) >= 11 is 0. The van der Waals surface area contributed by atoms with E-state index in [0.29, 0.717) is 12.3 Å². The van der Waals surface area contributed by atoms with Gasteiger partial charge < -0.3 is 20.9 Å². The first-order chi connectivity index (χ1) is 11.6. The van der Waals surface area contributed by atoms with E-state index in [0.717, 1.165) is 45.0 Å². The van der Waals surface area contributed by atoms with Crippen LogP contribution >= 0.6 is 0 Å². The lowest BCUT2D eigenvalue weighted by atomic mass is 9.95. The van der Waals surface area contributed by atoms with Gasteiger partial charge in [-0.25, -0.2) is 0 Å². The largest absolute Gasteiger partial charge is 0.373 e. The molecule has 1 aromatic carbocycles. The minimum Gasteiger partial charge on any atom is -0.373 e. The van der Waals surface area contributed by atoms with Gasteiger partial charge in [0.1, 0.15) is 0 Å². The Morgan fingerprint density at radius 1 is 1.42 bits per heavy atom. The van der Waals surface area contributed by atoms with Crippen molar-refractivity contribution in [3.05, 3.63) is 30.3 Å². The van der Waals surface area contributed by atoms with E-state index >= 15 is 0 Å². The van der Waals surface area contributed by atoms with Crippen LogP contribution in [0.1, 0.15) is 19.3 Å². The summed E-state index contributed by atoms with van der Waals surface area (Å²) < 4.78 is 0. The quantitative estimate of drug-likeness (QED) is 0.608. The Morgan fingerprint density at radius 3 is 2.83 bits per heavy atom. The molecule has 1 aliphatic heterocycles. The normalized spacial score (nSPS) is 18.3. The molecular formula is C18H29N5O. The van der Waals surface area contributed by atoms with Crippen LogP contribution in [-0.4, -0.2) is 57.0 Å². The Kier molecular flexibility index (Phi) is 6.90. The molecule has 132 valence electrons. The Hall–Kier alpha value is -2.24. The van der Waals surface area contributed by atoms with E-state index in [1.165, 1.54) is 5.69 Å². The number of nitrogens with one attached hydrogen (secondary N) is 1. The number of anilines is 1. The van der Waals surface area contributed by atoms with Crippen molar-refractivity contribution in [2.75, 3.05) is 45.2 Å². The van der Waals surface area contributed by atoms with Crippen molar-refractivity contribution in [1.29, 1.82) is 0 Å². The van der Waals surface area contributed by atoms with Gasteiger partial charge in [0.2, 0.25) is 5.91 Å². The number of primary amides is 1. The second-order valence-electron chi connectivity index (χ2n) is 6.36. The number of aliphatic imine (C=N–C) groups is 1. The van der Waals surface area contributed by atoms with Gasteiger partial charge in [-0.05, 0) is 30.9 Å². The maximum absolute atomic E-state index is 11.1. The summed E-state index contributed by atoms with van der Waals surface area (Å²) in [6, 6.07) is 10.3. The number of benzene rings is 1. The maximum Gasteiger partial charge on any atom is 0.217 e. The van der Waals surface area contributed by atoms with Gasteiger partial charge in [-0.1, -0.05) is 18.2 Å². The first kappa shape index (κ1) is 18.1. The van der Waals surface area contributed by atoms with Gasteiger partial charge in [-0.15, -0.1) is 0 Å². The summed E-state index contributed by atoms with van der Waals surface area (Å²) in [6.07, 6.45) is 2.60. The SMILES string of the molecule is CN=C(NCCN(C)c1ccccc1)N1CCCC(CC(N)=O)C1. The first-order valence-corrected chi connectivity index (χ1v) is 8.60. The van der Waals surface area contributed by atoms with Crippen molar-refractivity contribution in [3.8, 4) is 0 Å². The van der Waals surface area contributed by atoms with Crippen LogP contribution in [0, 0.1) is 5.92 Å². The molecule has 1 heterocycles. The van der Waals surface area contributed by atoms with Crippen molar-refractivity contribution in [1.82, 2.24) is 10.2 Å². The lowest BCUT2D eigenvalue weighted by Gasteiger charge is -2.35. The number of nitrogens with zero attached hydrogens (tertiary/aromatic N) is 3. The fourth-order valence-electron chi connectivity index (χ4n) is 3.19. The highest BCUT2D eigenvalue weighted by Crippen LogP contribution is 2.19. The van der Waals surface area contributed by atoms with E-state index in [1.54, 1.807) is 7.05 Å². The molecule has 0 saturated carbocycles. The molecule has 6 heteroatoms. The Bertz CT molecular complexity index is 546. The van der Waals surface area contributed by atoms with E-state index in [-0.39, 0.29) is 5.91 Å². The molecule has 0 bridgehead atoms. The fourth-order valence-corrected chi connectivity index (χ4v) is 3.19. The fraction of sp³-hybridized carbons (Fsp3) is 0.556. The van der Waals surface area contributed by atoms with Gasteiger partial charge in [0.15, 0.2) is 5.96 Å². The zero-order valence-corrected chi connectivity index (χ0v) is 14.7. The number of hydrogen-bond acceptors (Lipinski definition) is 3. The van der Waals surface area contributed by atoms with E-state index in [9.17, 15) is 4.79 Å². The zero-order valence-electron chi connectivity index (χ0n) is 14.7. The number of likely N-dealkylation sites (tertiary alicyclic amines) is 1. The molecular weight excluding hydrogens is 302 g/mol. The van der Waals surface area contributed by atoms with Gasteiger partial charge in [-0.3, -0.25) is 9.79 Å². The number of amides is 1. The number of guanidine groups is 1. The van der Waals surface area contributed by atoms with E-state index in [4.69, 9.17) is 5.73 Å². The second kappa shape index (κ2) is 9.15. The average Bonchev–Trinajstić information content (AvgIpc) is 2.59. The summed E-state index contributed by atoms with van der Waals surface area (Å²) in [5, 5.41) is 3.43. The maximum atomic E-state index is 11.1. The number of carbonyl (C=O) groups excluding carboxylic acids is 1. The highest BCUT2D eigenvalue weighted by molar-refractivity contribution is 5.80. The number of piperidine rings is 1. The minimum absolute atomic E-state index is 0.214. The second-order valence-corrected chi connectivity index (χ2v) is 6.36. The lowest BCUT2D eigenvalue weighted by molar-refractivity contribution is -0.119. The molecule has 1 aliphatic rings.